The summed E-state index contributed by atoms with van der Waals surface area (Å²) in [6, 6.07) is 1.83. The molecule has 1 N–H and O–H groups in total. The van der Waals surface area contributed by atoms with Crippen molar-refractivity contribution >= 4 is 29.5 Å². The summed E-state index contributed by atoms with van der Waals surface area (Å²) in [7, 11) is 0. The number of ketones is 1. The Morgan fingerprint density at radius 1 is 1.44 bits per heavy atom. The number of Topliss-reactive ketones (excluding diaryl/α,β-unsaturated/α-hetero) is 1. The van der Waals surface area contributed by atoms with Crippen molar-refractivity contribution in [2.24, 2.45) is 0 Å². The first-order valence-corrected chi connectivity index (χ1v) is 6.04. The van der Waals surface area contributed by atoms with Gasteiger partial charge >= 0.3 is 0 Å². The van der Waals surface area contributed by atoms with Gasteiger partial charge in [-0.1, -0.05) is 0 Å². The Morgan fingerprint density at radius 2 is 2.00 bits per heavy atom. The van der Waals surface area contributed by atoms with Gasteiger partial charge in [0.2, 0.25) is 0 Å². The van der Waals surface area contributed by atoms with Crippen LogP contribution in [0.4, 0.5) is 0 Å². The van der Waals surface area contributed by atoms with E-state index in [1.54, 1.807) is 11.3 Å². The van der Waals surface area contributed by atoms with Crippen molar-refractivity contribution in [2.75, 3.05) is 0 Å². The minimum absolute atomic E-state index is 0. The lowest BCUT2D eigenvalue weighted by Gasteiger charge is -2.24. The molecular weight excluding hydrogens is 242 g/mol. The molecule has 2 nitrogen and oxygen atoms in total. The summed E-state index contributed by atoms with van der Waals surface area (Å²) in [5.41, 5.74) is 0.793. The van der Waals surface area contributed by atoms with Crippen LogP contribution in [0.15, 0.2) is 11.4 Å². The fourth-order valence-electron chi connectivity index (χ4n) is 1.54. The van der Waals surface area contributed by atoms with E-state index in [0.29, 0.717) is 0 Å². The van der Waals surface area contributed by atoms with Gasteiger partial charge in [-0.15, -0.1) is 23.7 Å². The molecule has 1 atom stereocenters. The predicted octanol–water partition coefficient (Wildman–Crippen LogP) is 3.44. The second kappa shape index (κ2) is 5.80. The van der Waals surface area contributed by atoms with Crippen LogP contribution >= 0.6 is 23.7 Å². The Morgan fingerprint density at radius 3 is 2.38 bits per heavy atom. The maximum atomic E-state index is 12.0. The normalized spacial score (nSPS) is 13.1. The summed E-state index contributed by atoms with van der Waals surface area (Å²) < 4.78 is 0. The molecule has 4 heteroatoms. The van der Waals surface area contributed by atoms with Crippen LogP contribution in [0, 0.1) is 6.92 Å². The average Bonchev–Trinajstić information content (AvgIpc) is 2.47. The van der Waals surface area contributed by atoms with E-state index in [-0.39, 0.29) is 29.8 Å². The first-order chi connectivity index (χ1) is 6.79. The van der Waals surface area contributed by atoms with Crippen molar-refractivity contribution in [3.8, 4) is 0 Å². The first kappa shape index (κ1) is 15.6. The van der Waals surface area contributed by atoms with E-state index in [1.807, 2.05) is 25.3 Å². The van der Waals surface area contributed by atoms with E-state index in [0.717, 1.165) is 5.56 Å². The van der Waals surface area contributed by atoms with E-state index in [4.69, 9.17) is 0 Å². The summed E-state index contributed by atoms with van der Waals surface area (Å²) in [6.45, 7) is 10.1. The Balaban J connectivity index is 0.00000225. The molecule has 0 fully saturated rings. The average molecular weight is 262 g/mol. The fraction of sp³-hybridized carbons (Fsp3) is 0.583. The van der Waals surface area contributed by atoms with Crippen molar-refractivity contribution < 1.29 is 4.79 Å². The van der Waals surface area contributed by atoms with Crippen LogP contribution in [0.25, 0.3) is 0 Å². The van der Waals surface area contributed by atoms with E-state index >= 15 is 0 Å². The van der Waals surface area contributed by atoms with Gasteiger partial charge in [0, 0.05) is 21.4 Å². The monoisotopic (exact) mass is 261 g/mol. The van der Waals surface area contributed by atoms with Gasteiger partial charge in [0.1, 0.15) is 0 Å². The van der Waals surface area contributed by atoms with E-state index in [1.165, 1.54) is 4.88 Å². The van der Waals surface area contributed by atoms with Crippen LogP contribution in [0.2, 0.25) is 0 Å². The summed E-state index contributed by atoms with van der Waals surface area (Å²) >= 11 is 1.62. The first-order valence-electron chi connectivity index (χ1n) is 5.16. The van der Waals surface area contributed by atoms with E-state index < -0.39 is 0 Å². The minimum atomic E-state index is -0.126. The zero-order chi connectivity index (χ0) is 11.6. The highest BCUT2D eigenvalue weighted by Gasteiger charge is 2.20. The molecule has 1 aromatic heterocycles. The van der Waals surface area contributed by atoms with Gasteiger partial charge in [-0.3, -0.25) is 4.79 Å². The quantitative estimate of drug-likeness (QED) is 0.845. The van der Waals surface area contributed by atoms with E-state index in [2.05, 4.69) is 26.1 Å². The molecule has 16 heavy (non-hydrogen) atoms. The maximum Gasteiger partial charge on any atom is 0.180 e. The molecule has 0 bridgehead atoms. The van der Waals surface area contributed by atoms with Crippen molar-refractivity contribution in [3.63, 3.8) is 0 Å². The van der Waals surface area contributed by atoms with Crippen LogP contribution in [0.3, 0.4) is 0 Å². The lowest BCUT2D eigenvalue weighted by atomic mass is 10.0. The highest BCUT2D eigenvalue weighted by atomic mass is 35.5. The summed E-state index contributed by atoms with van der Waals surface area (Å²) in [6.07, 6.45) is 0. The van der Waals surface area contributed by atoms with Crippen LogP contribution in [0.1, 0.15) is 42.9 Å². The number of thiophene rings is 1. The molecular formula is C12H20ClNOS. The number of halogens is 1. The molecule has 1 heterocycles. The van der Waals surface area contributed by atoms with Gasteiger partial charge in [-0.05, 0) is 40.7 Å². The largest absolute Gasteiger partial charge is 0.303 e. The van der Waals surface area contributed by atoms with Crippen molar-refractivity contribution in [1.29, 1.82) is 0 Å². The molecule has 1 unspecified atom stereocenters. The second-order valence-corrected chi connectivity index (χ2v) is 6.04. The lowest BCUT2D eigenvalue weighted by molar-refractivity contribution is 0.0936. The van der Waals surface area contributed by atoms with Crippen LogP contribution in [-0.2, 0) is 0 Å². The Bertz CT molecular complexity index is 354. The van der Waals surface area contributed by atoms with Gasteiger partial charge in [0.15, 0.2) is 5.78 Å². The molecule has 0 saturated carbocycles. The topological polar surface area (TPSA) is 29.1 Å². The van der Waals surface area contributed by atoms with Crippen LogP contribution in [-0.4, -0.2) is 17.4 Å². The lowest BCUT2D eigenvalue weighted by Crippen LogP contribution is -2.45. The number of nitrogens with one attached hydrogen (secondary N) is 1. The van der Waals surface area contributed by atoms with Crippen LogP contribution in [0.5, 0.6) is 0 Å². The third-order valence-corrected chi connectivity index (χ3v) is 2.92. The van der Waals surface area contributed by atoms with Gasteiger partial charge in [-0.25, -0.2) is 0 Å². The summed E-state index contributed by atoms with van der Waals surface area (Å²) in [5, 5.41) is 5.21. The Hall–Kier alpha value is -0.380. The predicted molar refractivity (Wildman–Crippen MR) is 73.0 cm³/mol. The molecule has 0 spiro atoms. The molecule has 0 amide bonds. The zero-order valence-corrected chi connectivity index (χ0v) is 12.1. The third-order valence-electron chi connectivity index (χ3n) is 2.06. The Labute approximate surface area is 108 Å². The third kappa shape index (κ3) is 4.64. The van der Waals surface area contributed by atoms with Gasteiger partial charge < -0.3 is 5.32 Å². The summed E-state index contributed by atoms with van der Waals surface area (Å²) in [4.78, 5) is 13.2. The molecule has 0 aliphatic rings. The number of carbonyl (C=O) groups is 1. The molecule has 0 aliphatic carbocycles. The summed E-state index contributed by atoms with van der Waals surface area (Å²) in [5.74, 6) is 0.175. The van der Waals surface area contributed by atoms with Crippen molar-refractivity contribution in [1.82, 2.24) is 5.32 Å². The molecule has 1 rings (SSSR count). The van der Waals surface area contributed by atoms with Crippen LogP contribution < -0.4 is 5.32 Å². The highest BCUT2D eigenvalue weighted by molar-refractivity contribution is 7.10. The van der Waals surface area contributed by atoms with Gasteiger partial charge in [-0.2, -0.15) is 0 Å². The smallest absolute Gasteiger partial charge is 0.180 e. The van der Waals surface area contributed by atoms with Crippen molar-refractivity contribution in [2.45, 2.75) is 46.2 Å². The molecule has 0 aliphatic heterocycles. The SMILES string of the molecule is Cc1cc(C(=O)C(C)NC(C)(C)C)cs1.Cl. The van der Waals surface area contributed by atoms with Gasteiger partial charge in [0.25, 0.3) is 0 Å². The standard InChI is InChI=1S/C12H19NOS.ClH/c1-8-6-10(7-15-8)11(14)9(2)13-12(3,4)5;/h6-7,9,13H,1-5H3;1H. The number of rotatable bonds is 3. The molecule has 1 aromatic rings. The number of aryl methyl sites for hydroxylation is 1. The van der Waals surface area contributed by atoms with Gasteiger partial charge in [0.05, 0.1) is 6.04 Å². The molecule has 0 radical (unpaired) electrons. The molecule has 0 saturated heterocycles. The maximum absolute atomic E-state index is 12.0. The fourth-order valence-corrected chi connectivity index (χ4v) is 2.23. The molecule has 92 valence electrons. The minimum Gasteiger partial charge on any atom is -0.303 e. The second-order valence-electron chi connectivity index (χ2n) is 4.93. The van der Waals surface area contributed by atoms with E-state index in [9.17, 15) is 4.79 Å². The number of carbonyl (C=O) groups excluding carboxylic acids is 1. The number of hydrogen-bond donors (Lipinski definition) is 1. The Kier molecular flexibility index (Phi) is 5.66. The van der Waals surface area contributed by atoms with Crippen molar-refractivity contribution in [3.05, 3.63) is 21.9 Å². The zero-order valence-electron chi connectivity index (χ0n) is 10.5. The molecule has 0 aromatic carbocycles. The number of hydrogen-bond acceptors (Lipinski definition) is 3. The highest BCUT2D eigenvalue weighted by Crippen LogP contribution is 2.15.